The molecule has 0 aliphatic heterocycles. The molecule has 0 saturated heterocycles. The monoisotopic (exact) mass is 319 g/mol. The number of carbonyl (C=O) groups is 1. The zero-order valence-corrected chi connectivity index (χ0v) is 12.4. The van der Waals surface area contributed by atoms with E-state index in [-0.39, 0.29) is 5.78 Å². The van der Waals surface area contributed by atoms with Gasteiger partial charge in [-0.25, -0.2) is 0 Å². The highest BCUT2D eigenvalue weighted by Crippen LogP contribution is 2.20. The van der Waals surface area contributed by atoms with Gasteiger partial charge in [-0.15, -0.1) is 0 Å². The summed E-state index contributed by atoms with van der Waals surface area (Å²) in [7, 11) is 0. The van der Waals surface area contributed by atoms with Crippen LogP contribution in [0.1, 0.15) is 28.4 Å². The predicted octanol–water partition coefficient (Wildman–Crippen LogP) is 3.78. The molecule has 4 heteroatoms. The highest BCUT2D eigenvalue weighted by atomic mass is 79.9. The lowest BCUT2D eigenvalue weighted by Crippen LogP contribution is -2.03. The van der Waals surface area contributed by atoms with Crippen molar-refractivity contribution in [2.24, 2.45) is 0 Å². The third-order valence-corrected chi connectivity index (χ3v) is 3.60. The highest BCUT2D eigenvalue weighted by Gasteiger charge is 2.11. The summed E-state index contributed by atoms with van der Waals surface area (Å²) >= 11 is 3.42. The van der Waals surface area contributed by atoms with Crippen LogP contribution in [0.5, 0.6) is 5.75 Å². The minimum absolute atomic E-state index is 0.0512. The van der Waals surface area contributed by atoms with Gasteiger partial charge in [-0.05, 0) is 43.7 Å². The second kappa shape index (κ2) is 5.97. The number of rotatable bonds is 4. The molecule has 0 aliphatic rings. The van der Waals surface area contributed by atoms with Crippen molar-refractivity contribution in [3.8, 4) is 5.75 Å². The summed E-state index contributed by atoms with van der Waals surface area (Å²) in [6, 6.07) is 7.26. The summed E-state index contributed by atoms with van der Waals surface area (Å²) in [6.07, 6.45) is 3.16. The Hall–Kier alpha value is -1.68. The fourth-order valence-corrected chi connectivity index (χ4v) is 1.99. The average molecular weight is 320 g/mol. The van der Waals surface area contributed by atoms with Crippen molar-refractivity contribution in [2.45, 2.75) is 13.8 Å². The average Bonchev–Trinajstić information content (AvgIpc) is 2.42. The maximum atomic E-state index is 12.4. The zero-order chi connectivity index (χ0) is 13.8. The van der Waals surface area contributed by atoms with E-state index < -0.39 is 0 Å². The fraction of sp³-hybridized carbons (Fsp3) is 0.200. The summed E-state index contributed by atoms with van der Waals surface area (Å²) in [5.41, 5.74) is 2.21. The Labute approximate surface area is 120 Å². The van der Waals surface area contributed by atoms with E-state index in [9.17, 15) is 4.79 Å². The molecule has 0 atom stereocenters. The van der Waals surface area contributed by atoms with Gasteiger partial charge in [0.25, 0.3) is 0 Å². The lowest BCUT2D eigenvalue weighted by atomic mass is 10.0. The molecule has 0 amide bonds. The van der Waals surface area contributed by atoms with Gasteiger partial charge in [-0.2, -0.15) is 0 Å². The van der Waals surface area contributed by atoms with E-state index in [1.807, 2.05) is 26.0 Å². The minimum atomic E-state index is -0.0512. The molecule has 0 radical (unpaired) electrons. The van der Waals surface area contributed by atoms with Crippen LogP contribution in [0.25, 0.3) is 0 Å². The van der Waals surface area contributed by atoms with Gasteiger partial charge in [0.05, 0.1) is 12.8 Å². The molecule has 0 unspecified atom stereocenters. The van der Waals surface area contributed by atoms with Crippen molar-refractivity contribution >= 4 is 21.7 Å². The van der Waals surface area contributed by atoms with Crippen LogP contribution in [0.2, 0.25) is 0 Å². The number of aromatic nitrogens is 1. The highest BCUT2D eigenvalue weighted by molar-refractivity contribution is 9.10. The SMILES string of the molecule is CCOc1cncc(C(=O)c2ccc(Br)c(C)c2)c1. The lowest BCUT2D eigenvalue weighted by molar-refractivity contribution is 0.103. The van der Waals surface area contributed by atoms with Crippen molar-refractivity contribution < 1.29 is 9.53 Å². The first-order valence-corrected chi connectivity index (χ1v) is 6.80. The summed E-state index contributed by atoms with van der Waals surface area (Å²) in [6.45, 7) is 4.40. The number of aryl methyl sites for hydroxylation is 1. The molecular formula is C15H14BrNO2. The Kier molecular flexibility index (Phi) is 4.32. The van der Waals surface area contributed by atoms with Crippen molar-refractivity contribution in [1.82, 2.24) is 4.98 Å². The van der Waals surface area contributed by atoms with Gasteiger partial charge < -0.3 is 4.74 Å². The molecule has 2 aromatic rings. The van der Waals surface area contributed by atoms with Gasteiger partial charge in [-0.1, -0.05) is 15.9 Å². The molecule has 1 heterocycles. The molecule has 0 spiro atoms. The molecule has 3 nitrogen and oxygen atoms in total. The Balaban J connectivity index is 2.32. The number of benzene rings is 1. The van der Waals surface area contributed by atoms with Gasteiger partial charge in [0.1, 0.15) is 5.75 Å². The Bertz CT molecular complexity index is 611. The van der Waals surface area contributed by atoms with Gasteiger partial charge in [0, 0.05) is 21.8 Å². The number of ether oxygens (including phenoxy) is 1. The maximum absolute atomic E-state index is 12.4. The molecule has 1 aromatic heterocycles. The van der Waals surface area contributed by atoms with E-state index in [4.69, 9.17) is 4.74 Å². The minimum Gasteiger partial charge on any atom is -0.492 e. The number of halogens is 1. The fourth-order valence-electron chi connectivity index (χ4n) is 1.74. The standard InChI is InChI=1S/C15H14BrNO2/c1-3-19-13-7-12(8-17-9-13)15(18)11-4-5-14(16)10(2)6-11/h4-9H,3H2,1-2H3. The number of pyridine rings is 1. The first-order chi connectivity index (χ1) is 9.11. The van der Waals surface area contributed by atoms with Crippen LogP contribution in [0, 0.1) is 6.92 Å². The number of ketones is 1. The van der Waals surface area contributed by atoms with Gasteiger partial charge >= 0.3 is 0 Å². The summed E-state index contributed by atoms with van der Waals surface area (Å²) in [5, 5.41) is 0. The Morgan fingerprint density at radius 2 is 2.05 bits per heavy atom. The zero-order valence-electron chi connectivity index (χ0n) is 10.8. The van der Waals surface area contributed by atoms with E-state index in [2.05, 4.69) is 20.9 Å². The Morgan fingerprint density at radius 1 is 1.26 bits per heavy atom. The van der Waals surface area contributed by atoms with E-state index in [1.165, 1.54) is 0 Å². The normalized spacial score (nSPS) is 10.3. The summed E-state index contributed by atoms with van der Waals surface area (Å²) in [4.78, 5) is 16.4. The number of hydrogen-bond acceptors (Lipinski definition) is 3. The van der Waals surface area contributed by atoms with Crippen LogP contribution >= 0.6 is 15.9 Å². The quantitative estimate of drug-likeness (QED) is 0.805. The predicted molar refractivity (Wildman–Crippen MR) is 77.7 cm³/mol. The molecule has 98 valence electrons. The molecule has 0 aliphatic carbocycles. The topological polar surface area (TPSA) is 39.2 Å². The summed E-state index contributed by atoms with van der Waals surface area (Å²) in [5.74, 6) is 0.562. The molecule has 0 saturated carbocycles. The maximum Gasteiger partial charge on any atom is 0.194 e. The second-order valence-electron chi connectivity index (χ2n) is 4.14. The van der Waals surface area contributed by atoms with E-state index in [0.717, 1.165) is 10.0 Å². The summed E-state index contributed by atoms with van der Waals surface area (Å²) < 4.78 is 6.34. The van der Waals surface area contributed by atoms with Crippen molar-refractivity contribution in [3.63, 3.8) is 0 Å². The smallest absolute Gasteiger partial charge is 0.194 e. The molecular weight excluding hydrogens is 306 g/mol. The molecule has 0 N–H and O–H groups in total. The van der Waals surface area contributed by atoms with Crippen molar-refractivity contribution in [2.75, 3.05) is 6.61 Å². The van der Waals surface area contributed by atoms with Gasteiger partial charge in [-0.3, -0.25) is 9.78 Å². The number of nitrogens with zero attached hydrogens (tertiary/aromatic N) is 1. The first-order valence-electron chi connectivity index (χ1n) is 6.00. The van der Waals surface area contributed by atoms with Crippen LogP contribution in [0.3, 0.4) is 0 Å². The molecule has 19 heavy (non-hydrogen) atoms. The first kappa shape index (κ1) is 13.7. The second-order valence-corrected chi connectivity index (χ2v) is 4.99. The molecule has 2 rings (SSSR count). The van der Waals surface area contributed by atoms with Crippen LogP contribution in [-0.4, -0.2) is 17.4 Å². The van der Waals surface area contributed by atoms with Gasteiger partial charge in [0.15, 0.2) is 5.78 Å². The van der Waals surface area contributed by atoms with Crippen LogP contribution in [0.4, 0.5) is 0 Å². The number of carbonyl (C=O) groups excluding carboxylic acids is 1. The van der Waals surface area contributed by atoms with Crippen molar-refractivity contribution in [1.29, 1.82) is 0 Å². The van der Waals surface area contributed by atoms with Crippen LogP contribution in [0.15, 0.2) is 41.1 Å². The van der Waals surface area contributed by atoms with E-state index in [0.29, 0.717) is 23.5 Å². The largest absolute Gasteiger partial charge is 0.492 e. The molecule has 0 bridgehead atoms. The number of hydrogen-bond donors (Lipinski definition) is 0. The van der Waals surface area contributed by atoms with Crippen molar-refractivity contribution in [3.05, 3.63) is 57.8 Å². The van der Waals surface area contributed by atoms with E-state index in [1.54, 1.807) is 24.5 Å². The van der Waals surface area contributed by atoms with Gasteiger partial charge in [0.2, 0.25) is 0 Å². The Morgan fingerprint density at radius 3 is 2.74 bits per heavy atom. The molecule has 0 fully saturated rings. The van der Waals surface area contributed by atoms with Crippen LogP contribution in [-0.2, 0) is 0 Å². The van der Waals surface area contributed by atoms with Crippen LogP contribution < -0.4 is 4.74 Å². The third kappa shape index (κ3) is 3.20. The third-order valence-electron chi connectivity index (χ3n) is 2.71. The van der Waals surface area contributed by atoms with E-state index >= 15 is 0 Å². The molecule has 1 aromatic carbocycles. The lowest BCUT2D eigenvalue weighted by Gasteiger charge is -2.06.